The number of benzene rings is 2. The fourth-order valence-electron chi connectivity index (χ4n) is 6.83. The summed E-state index contributed by atoms with van der Waals surface area (Å²) in [6, 6.07) is 22.0. The molecule has 0 radical (unpaired) electrons. The Kier molecular flexibility index (Phi) is 7.69. The van der Waals surface area contributed by atoms with Crippen LogP contribution in [0.2, 0.25) is 0 Å². The summed E-state index contributed by atoms with van der Waals surface area (Å²) >= 11 is 0. The van der Waals surface area contributed by atoms with Gasteiger partial charge in [0.05, 0.1) is 17.4 Å². The SMILES string of the molecule is Cl.Cl.c1ccc(C2(CCN3C4CCC3CC(n3cnc5ccccc53)C4)CCNCC2)cc1. The Morgan fingerprint density at radius 1 is 0.848 bits per heavy atom. The highest BCUT2D eigenvalue weighted by Gasteiger charge is 2.43. The average molecular weight is 488 g/mol. The molecule has 1 aromatic heterocycles. The minimum Gasteiger partial charge on any atom is -0.327 e. The Morgan fingerprint density at radius 2 is 1.52 bits per heavy atom. The Morgan fingerprint density at radius 3 is 2.24 bits per heavy atom. The molecular weight excluding hydrogens is 451 g/mol. The molecule has 0 saturated carbocycles. The maximum atomic E-state index is 4.67. The first-order valence-electron chi connectivity index (χ1n) is 12.3. The predicted octanol–water partition coefficient (Wildman–Crippen LogP) is 5.76. The average Bonchev–Trinajstić information content (AvgIpc) is 3.36. The van der Waals surface area contributed by atoms with E-state index in [2.05, 4.69) is 80.7 Å². The zero-order chi connectivity index (χ0) is 20.7. The van der Waals surface area contributed by atoms with Crippen molar-refractivity contribution in [2.24, 2.45) is 0 Å². The molecule has 6 rings (SSSR count). The van der Waals surface area contributed by atoms with E-state index in [0.717, 1.165) is 30.7 Å². The first-order chi connectivity index (χ1) is 15.3. The van der Waals surface area contributed by atoms with Gasteiger partial charge in [0.1, 0.15) is 0 Å². The summed E-state index contributed by atoms with van der Waals surface area (Å²) in [6.07, 6.45) is 11.2. The molecule has 2 atom stereocenters. The summed E-state index contributed by atoms with van der Waals surface area (Å²) in [4.78, 5) is 7.56. The van der Waals surface area contributed by atoms with Crippen molar-refractivity contribution in [2.45, 2.75) is 68.5 Å². The predicted molar refractivity (Wildman–Crippen MR) is 141 cm³/mol. The second-order valence-corrected chi connectivity index (χ2v) is 10.0. The van der Waals surface area contributed by atoms with Crippen molar-refractivity contribution in [3.05, 3.63) is 66.5 Å². The lowest BCUT2D eigenvalue weighted by molar-refractivity contribution is 0.0934. The van der Waals surface area contributed by atoms with Crippen molar-refractivity contribution in [3.63, 3.8) is 0 Å². The Labute approximate surface area is 210 Å². The molecule has 33 heavy (non-hydrogen) atoms. The van der Waals surface area contributed by atoms with Crippen LogP contribution in [-0.4, -0.2) is 46.2 Å². The molecule has 0 amide bonds. The molecule has 2 bridgehead atoms. The van der Waals surface area contributed by atoms with Gasteiger partial charge in [0, 0.05) is 18.1 Å². The smallest absolute Gasteiger partial charge is 0.0960 e. The van der Waals surface area contributed by atoms with Gasteiger partial charge in [-0.15, -0.1) is 24.8 Å². The number of para-hydroxylation sites is 2. The zero-order valence-electron chi connectivity index (χ0n) is 19.2. The summed E-state index contributed by atoms with van der Waals surface area (Å²) in [5, 5.41) is 3.59. The van der Waals surface area contributed by atoms with Crippen LogP contribution >= 0.6 is 24.8 Å². The van der Waals surface area contributed by atoms with Gasteiger partial charge in [-0.3, -0.25) is 4.90 Å². The molecule has 3 aromatic rings. The van der Waals surface area contributed by atoms with E-state index in [1.807, 2.05) is 0 Å². The van der Waals surface area contributed by atoms with Gasteiger partial charge in [0.2, 0.25) is 0 Å². The van der Waals surface area contributed by atoms with Crippen molar-refractivity contribution >= 4 is 35.8 Å². The molecule has 3 saturated heterocycles. The molecule has 178 valence electrons. The molecule has 4 nitrogen and oxygen atoms in total. The molecule has 0 spiro atoms. The van der Waals surface area contributed by atoms with Crippen molar-refractivity contribution < 1.29 is 0 Å². The number of halogens is 2. The maximum Gasteiger partial charge on any atom is 0.0960 e. The molecular formula is C27H36Cl2N4. The van der Waals surface area contributed by atoms with Crippen LogP contribution in [0.3, 0.4) is 0 Å². The van der Waals surface area contributed by atoms with Gasteiger partial charge in [-0.1, -0.05) is 42.5 Å². The number of imidazole rings is 1. The first kappa shape index (κ1) is 24.5. The second-order valence-electron chi connectivity index (χ2n) is 10.0. The van der Waals surface area contributed by atoms with Crippen LogP contribution in [-0.2, 0) is 5.41 Å². The van der Waals surface area contributed by atoms with Gasteiger partial charge in [-0.05, 0) is 87.7 Å². The largest absolute Gasteiger partial charge is 0.327 e. The molecule has 6 heteroatoms. The molecule has 3 aliphatic rings. The number of fused-ring (bicyclic) bond motifs is 3. The van der Waals surface area contributed by atoms with Crippen LogP contribution in [0.4, 0.5) is 0 Å². The number of nitrogens with one attached hydrogen (secondary N) is 1. The maximum absolute atomic E-state index is 4.67. The normalized spacial score (nSPS) is 26.5. The highest BCUT2D eigenvalue weighted by molar-refractivity contribution is 5.85. The highest BCUT2D eigenvalue weighted by Crippen LogP contribution is 2.44. The van der Waals surface area contributed by atoms with Gasteiger partial charge in [0.15, 0.2) is 0 Å². The molecule has 0 aliphatic carbocycles. The molecule has 2 aromatic carbocycles. The van der Waals surface area contributed by atoms with Crippen LogP contribution in [0.15, 0.2) is 60.9 Å². The van der Waals surface area contributed by atoms with E-state index in [-0.39, 0.29) is 24.8 Å². The van der Waals surface area contributed by atoms with Crippen molar-refractivity contribution in [3.8, 4) is 0 Å². The summed E-state index contributed by atoms with van der Waals surface area (Å²) in [5.74, 6) is 0. The molecule has 3 fully saturated rings. The zero-order valence-corrected chi connectivity index (χ0v) is 20.9. The van der Waals surface area contributed by atoms with Crippen LogP contribution < -0.4 is 5.32 Å². The van der Waals surface area contributed by atoms with Gasteiger partial charge in [-0.2, -0.15) is 0 Å². The first-order valence-corrected chi connectivity index (χ1v) is 12.3. The standard InChI is InChI=1S/C27H34N4.2ClH/c1-2-6-21(7-3-1)27(12-15-28-16-13-27)14-17-30-22-10-11-23(30)19-24(18-22)31-20-29-25-8-4-5-9-26(25)31;;/h1-9,20,22-24,28H,10-19H2;2*1H. The summed E-state index contributed by atoms with van der Waals surface area (Å²) in [6.45, 7) is 3.55. The summed E-state index contributed by atoms with van der Waals surface area (Å²) in [7, 11) is 0. The van der Waals surface area contributed by atoms with Crippen LogP contribution in [0.1, 0.15) is 56.6 Å². The number of rotatable bonds is 5. The van der Waals surface area contributed by atoms with E-state index in [1.54, 1.807) is 5.56 Å². The number of hydrogen-bond donors (Lipinski definition) is 1. The number of hydrogen-bond acceptors (Lipinski definition) is 3. The van der Waals surface area contributed by atoms with E-state index in [4.69, 9.17) is 0 Å². The number of aromatic nitrogens is 2. The lowest BCUT2D eigenvalue weighted by Gasteiger charge is -2.44. The minimum absolute atomic E-state index is 0. The monoisotopic (exact) mass is 486 g/mol. The number of piperidine rings is 2. The van der Waals surface area contributed by atoms with Gasteiger partial charge in [0.25, 0.3) is 0 Å². The molecule has 3 aliphatic heterocycles. The summed E-state index contributed by atoms with van der Waals surface area (Å²) < 4.78 is 2.47. The van der Waals surface area contributed by atoms with Crippen LogP contribution in [0.5, 0.6) is 0 Å². The molecule has 2 unspecified atom stereocenters. The Balaban J connectivity index is 0.00000130. The molecule has 4 heterocycles. The lowest BCUT2D eigenvalue weighted by Crippen LogP contribution is -2.47. The van der Waals surface area contributed by atoms with Crippen molar-refractivity contribution in [2.75, 3.05) is 19.6 Å². The van der Waals surface area contributed by atoms with E-state index >= 15 is 0 Å². The highest BCUT2D eigenvalue weighted by atomic mass is 35.5. The van der Waals surface area contributed by atoms with Gasteiger partial charge in [-0.25, -0.2) is 4.98 Å². The lowest BCUT2D eigenvalue weighted by atomic mass is 9.70. The second kappa shape index (κ2) is 10.4. The Hall–Kier alpha value is -1.59. The molecule has 1 N–H and O–H groups in total. The van der Waals surface area contributed by atoms with Gasteiger partial charge >= 0.3 is 0 Å². The quantitative estimate of drug-likeness (QED) is 0.497. The summed E-state index contributed by atoms with van der Waals surface area (Å²) in [5.41, 5.74) is 4.35. The third kappa shape index (κ3) is 4.55. The number of nitrogens with zero attached hydrogens (tertiary/aromatic N) is 3. The van der Waals surface area contributed by atoms with Gasteiger partial charge < -0.3 is 9.88 Å². The van der Waals surface area contributed by atoms with Crippen molar-refractivity contribution in [1.29, 1.82) is 0 Å². The van der Waals surface area contributed by atoms with Crippen LogP contribution in [0, 0.1) is 0 Å². The minimum atomic E-state index is 0. The topological polar surface area (TPSA) is 33.1 Å². The van der Waals surface area contributed by atoms with E-state index in [0.29, 0.717) is 11.5 Å². The Bertz CT molecular complexity index is 1020. The van der Waals surface area contributed by atoms with E-state index in [9.17, 15) is 0 Å². The van der Waals surface area contributed by atoms with E-state index in [1.165, 1.54) is 57.0 Å². The fourth-order valence-corrected chi connectivity index (χ4v) is 6.83. The van der Waals surface area contributed by atoms with E-state index < -0.39 is 0 Å². The van der Waals surface area contributed by atoms with Crippen molar-refractivity contribution in [1.82, 2.24) is 19.8 Å². The third-order valence-corrected chi connectivity index (χ3v) is 8.53. The third-order valence-electron chi connectivity index (χ3n) is 8.53. The fraction of sp³-hybridized carbons (Fsp3) is 0.519. The van der Waals surface area contributed by atoms with Crippen LogP contribution in [0.25, 0.3) is 11.0 Å².